The molecule has 0 bridgehead atoms. The number of pyridine rings is 1. The van der Waals surface area contributed by atoms with Crippen LogP contribution in [0.3, 0.4) is 0 Å². The predicted octanol–water partition coefficient (Wildman–Crippen LogP) is 1.39. The van der Waals surface area contributed by atoms with Crippen molar-refractivity contribution in [2.75, 3.05) is 18.0 Å². The summed E-state index contributed by atoms with van der Waals surface area (Å²) in [5.41, 5.74) is 0.114. The van der Waals surface area contributed by atoms with Crippen molar-refractivity contribution >= 4 is 23.4 Å². The number of anilines is 1. The summed E-state index contributed by atoms with van der Waals surface area (Å²) < 4.78 is 0. The van der Waals surface area contributed by atoms with E-state index in [0.29, 0.717) is 18.9 Å². The Balaban J connectivity index is 2.35. The Morgan fingerprint density at radius 1 is 1.53 bits per heavy atom. The Bertz CT molecular complexity index is 439. The molecule has 2 heterocycles. The predicted molar refractivity (Wildman–Crippen MR) is 63.7 cm³/mol. The molecule has 0 aliphatic carbocycles. The van der Waals surface area contributed by atoms with Gasteiger partial charge in [0, 0.05) is 13.1 Å². The standard InChI is InChI=1S/C11H13ClN2O3/c12-9-4-3-8(11(16)17)10(13-9)14-5-1-2-7(15)6-14/h3-4,7,15H,1-2,5-6H2,(H,16,17). The van der Waals surface area contributed by atoms with Crippen molar-refractivity contribution in [3.05, 3.63) is 22.8 Å². The molecule has 2 rings (SSSR count). The number of nitrogens with zero attached hydrogens (tertiary/aromatic N) is 2. The van der Waals surface area contributed by atoms with Gasteiger partial charge in [-0.2, -0.15) is 0 Å². The molecule has 6 heteroatoms. The minimum Gasteiger partial charge on any atom is -0.478 e. The number of aromatic nitrogens is 1. The number of carboxylic acids is 1. The highest BCUT2D eigenvalue weighted by Crippen LogP contribution is 2.24. The molecule has 2 N–H and O–H groups in total. The lowest BCUT2D eigenvalue weighted by atomic mass is 10.1. The summed E-state index contributed by atoms with van der Waals surface area (Å²) >= 11 is 5.78. The van der Waals surface area contributed by atoms with E-state index in [-0.39, 0.29) is 10.7 Å². The van der Waals surface area contributed by atoms with Crippen molar-refractivity contribution in [3.8, 4) is 0 Å². The van der Waals surface area contributed by atoms with Gasteiger partial charge in [-0.25, -0.2) is 9.78 Å². The summed E-state index contributed by atoms with van der Waals surface area (Å²) in [6.07, 6.45) is 1.11. The first-order valence-electron chi connectivity index (χ1n) is 5.41. The Morgan fingerprint density at radius 3 is 2.94 bits per heavy atom. The van der Waals surface area contributed by atoms with Gasteiger partial charge in [0.1, 0.15) is 16.5 Å². The third-order valence-corrected chi connectivity index (χ3v) is 2.98. The van der Waals surface area contributed by atoms with Crippen molar-refractivity contribution in [1.82, 2.24) is 4.98 Å². The third-order valence-electron chi connectivity index (χ3n) is 2.77. The van der Waals surface area contributed by atoms with E-state index < -0.39 is 12.1 Å². The summed E-state index contributed by atoms with van der Waals surface area (Å²) in [6.45, 7) is 1.08. The highest BCUT2D eigenvalue weighted by molar-refractivity contribution is 6.29. The van der Waals surface area contributed by atoms with Crippen LogP contribution in [0, 0.1) is 0 Å². The molecule has 1 aliphatic rings. The van der Waals surface area contributed by atoms with Crippen LogP contribution in [-0.4, -0.2) is 40.4 Å². The van der Waals surface area contributed by atoms with E-state index in [0.717, 1.165) is 12.8 Å². The van der Waals surface area contributed by atoms with Crippen molar-refractivity contribution in [1.29, 1.82) is 0 Å². The maximum absolute atomic E-state index is 11.1. The van der Waals surface area contributed by atoms with E-state index >= 15 is 0 Å². The number of β-amino-alcohol motifs (C(OH)–C–C–N with tert-alkyl or cyclic N) is 1. The number of aliphatic hydroxyl groups excluding tert-OH is 1. The average Bonchev–Trinajstić information content (AvgIpc) is 2.28. The minimum atomic E-state index is -1.04. The smallest absolute Gasteiger partial charge is 0.339 e. The molecule has 5 nitrogen and oxygen atoms in total. The van der Waals surface area contributed by atoms with Gasteiger partial charge in [-0.3, -0.25) is 0 Å². The van der Waals surface area contributed by atoms with Gasteiger partial charge in [-0.05, 0) is 25.0 Å². The van der Waals surface area contributed by atoms with Gasteiger partial charge in [-0.1, -0.05) is 11.6 Å². The fraction of sp³-hybridized carbons (Fsp3) is 0.455. The van der Waals surface area contributed by atoms with Gasteiger partial charge >= 0.3 is 5.97 Å². The normalized spacial score (nSPS) is 20.4. The van der Waals surface area contributed by atoms with Gasteiger partial charge in [0.05, 0.1) is 6.10 Å². The van der Waals surface area contributed by atoms with Crippen LogP contribution >= 0.6 is 11.6 Å². The van der Waals surface area contributed by atoms with Crippen LogP contribution in [0.25, 0.3) is 0 Å². The van der Waals surface area contributed by atoms with Crippen molar-refractivity contribution in [2.24, 2.45) is 0 Å². The molecule has 0 radical (unpaired) electrons. The SMILES string of the molecule is O=C(O)c1ccc(Cl)nc1N1CCCC(O)C1. The van der Waals surface area contributed by atoms with E-state index in [9.17, 15) is 9.90 Å². The van der Waals surface area contributed by atoms with Crippen LogP contribution < -0.4 is 4.90 Å². The number of aromatic carboxylic acids is 1. The molecule has 1 fully saturated rings. The molecule has 0 amide bonds. The van der Waals surface area contributed by atoms with Crippen molar-refractivity contribution in [3.63, 3.8) is 0 Å². The number of carbonyl (C=O) groups is 1. The van der Waals surface area contributed by atoms with Crippen LogP contribution in [0.15, 0.2) is 12.1 Å². The topological polar surface area (TPSA) is 73.7 Å². The first-order chi connectivity index (χ1) is 8.08. The van der Waals surface area contributed by atoms with Crippen LogP contribution in [0.2, 0.25) is 5.15 Å². The average molecular weight is 257 g/mol. The zero-order chi connectivity index (χ0) is 12.4. The lowest BCUT2D eigenvalue weighted by Gasteiger charge is -2.31. The quantitative estimate of drug-likeness (QED) is 0.783. The molecule has 1 atom stereocenters. The highest BCUT2D eigenvalue weighted by atomic mass is 35.5. The molecule has 1 aromatic rings. The molecule has 0 aromatic carbocycles. The summed E-state index contributed by atoms with van der Waals surface area (Å²) in [5, 5.41) is 18.9. The first-order valence-corrected chi connectivity index (χ1v) is 5.78. The fourth-order valence-corrected chi connectivity index (χ4v) is 2.12. The van der Waals surface area contributed by atoms with Crippen molar-refractivity contribution < 1.29 is 15.0 Å². The number of hydrogen-bond donors (Lipinski definition) is 2. The zero-order valence-electron chi connectivity index (χ0n) is 9.14. The Hall–Kier alpha value is -1.33. The molecule has 1 aliphatic heterocycles. The number of hydrogen-bond acceptors (Lipinski definition) is 4. The molecule has 17 heavy (non-hydrogen) atoms. The van der Waals surface area contributed by atoms with Gasteiger partial charge in [0.25, 0.3) is 0 Å². The second kappa shape index (κ2) is 4.89. The lowest BCUT2D eigenvalue weighted by Crippen LogP contribution is -2.39. The number of carboxylic acid groups (broad SMARTS) is 1. The second-order valence-electron chi connectivity index (χ2n) is 4.05. The third kappa shape index (κ3) is 2.68. The van der Waals surface area contributed by atoms with Gasteiger partial charge in [0.15, 0.2) is 0 Å². The first kappa shape index (κ1) is 12.1. The molecule has 92 valence electrons. The second-order valence-corrected chi connectivity index (χ2v) is 4.44. The van der Waals surface area contributed by atoms with Crippen LogP contribution in [-0.2, 0) is 0 Å². The molecule has 1 unspecified atom stereocenters. The summed E-state index contributed by atoms with van der Waals surface area (Å²) in [5.74, 6) is -0.701. The molecular formula is C11H13ClN2O3. The van der Waals surface area contributed by atoms with Crippen LogP contribution in [0.4, 0.5) is 5.82 Å². The van der Waals surface area contributed by atoms with Gasteiger partial charge in [-0.15, -0.1) is 0 Å². The molecule has 0 spiro atoms. The van der Waals surface area contributed by atoms with E-state index in [1.54, 1.807) is 4.90 Å². The molecule has 1 aromatic heterocycles. The van der Waals surface area contributed by atoms with Gasteiger partial charge in [0.2, 0.25) is 0 Å². The number of rotatable bonds is 2. The van der Waals surface area contributed by atoms with Crippen molar-refractivity contribution in [2.45, 2.75) is 18.9 Å². The summed E-state index contributed by atoms with van der Waals surface area (Å²) in [7, 11) is 0. The van der Waals surface area contributed by atoms with E-state index in [2.05, 4.69) is 4.98 Å². The molecule has 0 saturated carbocycles. The van der Waals surface area contributed by atoms with Crippen LogP contribution in [0.5, 0.6) is 0 Å². The molecule has 1 saturated heterocycles. The minimum absolute atomic E-state index is 0.114. The van der Waals surface area contributed by atoms with E-state index in [1.165, 1.54) is 12.1 Å². The number of aliphatic hydroxyl groups is 1. The number of piperidine rings is 1. The summed E-state index contributed by atoms with van der Waals surface area (Å²) in [4.78, 5) is 16.9. The monoisotopic (exact) mass is 256 g/mol. The van der Waals surface area contributed by atoms with Gasteiger partial charge < -0.3 is 15.1 Å². The molecular weight excluding hydrogens is 244 g/mol. The fourth-order valence-electron chi connectivity index (χ4n) is 1.98. The largest absolute Gasteiger partial charge is 0.478 e. The van der Waals surface area contributed by atoms with Crippen LogP contribution in [0.1, 0.15) is 23.2 Å². The zero-order valence-corrected chi connectivity index (χ0v) is 9.89. The Morgan fingerprint density at radius 2 is 2.29 bits per heavy atom. The highest BCUT2D eigenvalue weighted by Gasteiger charge is 2.23. The number of halogens is 1. The maximum Gasteiger partial charge on any atom is 0.339 e. The van der Waals surface area contributed by atoms with E-state index in [1.807, 2.05) is 0 Å². The van der Waals surface area contributed by atoms with E-state index in [4.69, 9.17) is 16.7 Å². The maximum atomic E-state index is 11.1. The Labute approximate surface area is 104 Å². The Kier molecular flexibility index (Phi) is 3.49. The summed E-state index contributed by atoms with van der Waals surface area (Å²) in [6, 6.07) is 2.89. The lowest BCUT2D eigenvalue weighted by molar-refractivity contribution is 0.0696.